The molecule has 0 radical (unpaired) electrons. The summed E-state index contributed by atoms with van der Waals surface area (Å²) in [5.41, 5.74) is -2.57. The summed E-state index contributed by atoms with van der Waals surface area (Å²) in [7, 11) is 1.15. The first-order valence-electron chi connectivity index (χ1n) is 3.98. The Morgan fingerprint density at radius 2 is 2.25 bits per heavy atom. The van der Waals surface area contributed by atoms with E-state index in [1.54, 1.807) is 0 Å². The van der Waals surface area contributed by atoms with Crippen molar-refractivity contribution in [3.63, 3.8) is 0 Å². The van der Waals surface area contributed by atoms with Crippen LogP contribution >= 0.6 is 0 Å². The number of carbonyl (C=O) groups is 1. The summed E-state index contributed by atoms with van der Waals surface area (Å²) in [5.74, 6) is -0.275. The van der Waals surface area contributed by atoms with Crippen molar-refractivity contribution in [2.24, 2.45) is 0 Å². The van der Waals surface area contributed by atoms with E-state index in [0.717, 1.165) is 13.2 Å². The van der Waals surface area contributed by atoms with Crippen LogP contribution in [0.25, 0.3) is 0 Å². The van der Waals surface area contributed by atoms with Crippen molar-refractivity contribution < 1.29 is 23.2 Å². The van der Waals surface area contributed by atoms with Crippen LogP contribution < -0.4 is 4.74 Å². The fraction of sp³-hybridized carbons (Fsp3) is 0.250. The van der Waals surface area contributed by atoms with Gasteiger partial charge in [-0.1, -0.05) is 0 Å². The van der Waals surface area contributed by atoms with Crippen LogP contribution in [-0.4, -0.2) is 23.3 Å². The van der Waals surface area contributed by atoms with Gasteiger partial charge in [-0.05, 0) is 0 Å². The third-order valence-corrected chi connectivity index (χ3v) is 1.75. The highest BCUT2D eigenvalue weighted by Gasteiger charge is 2.28. The number of methoxy groups -OCH3 is 1. The quantitative estimate of drug-likeness (QED) is 0.448. The highest BCUT2D eigenvalue weighted by Crippen LogP contribution is 2.31. The monoisotopic (exact) mass is 232 g/mol. The van der Waals surface area contributed by atoms with Gasteiger partial charge >= 0.3 is 5.69 Å². The van der Waals surface area contributed by atoms with Crippen molar-refractivity contribution in [1.82, 2.24) is 4.98 Å². The molecular formula is C8H6F2N2O4. The molecule has 86 valence electrons. The first-order chi connectivity index (χ1) is 7.51. The SMILES string of the molecule is COc1cc(C=O)c([N+](=O)[O-])c(C(F)F)n1. The van der Waals surface area contributed by atoms with Gasteiger partial charge in [0.15, 0.2) is 12.0 Å². The normalized spacial score (nSPS) is 10.2. The van der Waals surface area contributed by atoms with Crippen LogP contribution in [0.5, 0.6) is 5.88 Å². The van der Waals surface area contributed by atoms with E-state index < -0.39 is 28.3 Å². The number of aromatic nitrogens is 1. The van der Waals surface area contributed by atoms with E-state index in [1.165, 1.54) is 0 Å². The lowest BCUT2D eigenvalue weighted by Gasteiger charge is -2.05. The number of hydrogen-bond acceptors (Lipinski definition) is 5. The van der Waals surface area contributed by atoms with Crippen molar-refractivity contribution in [3.05, 3.63) is 27.4 Å². The molecule has 0 unspecified atom stereocenters. The molecule has 1 rings (SSSR count). The average Bonchev–Trinajstić information content (AvgIpc) is 2.26. The molecule has 6 nitrogen and oxygen atoms in total. The zero-order valence-corrected chi connectivity index (χ0v) is 8.02. The molecule has 0 amide bonds. The zero-order valence-electron chi connectivity index (χ0n) is 8.02. The van der Waals surface area contributed by atoms with Gasteiger partial charge in [0.1, 0.15) is 0 Å². The Kier molecular flexibility index (Phi) is 3.44. The van der Waals surface area contributed by atoms with E-state index >= 15 is 0 Å². The van der Waals surface area contributed by atoms with Crippen LogP contribution in [0.1, 0.15) is 22.5 Å². The van der Waals surface area contributed by atoms with Gasteiger partial charge < -0.3 is 4.74 Å². The van der Waals surface area contributed by atoms with Gasteiger partial charge in [0.25, 0.3) is 6.43 Å². The van der Waals surface area contributed by atoms with E-state index in [2.05, 4.69) is 9.72 Å². The Morgan fingerprint density at radius 1 is 1.62 bits per heavy atom. The van der Waals surface area contributed by atoms with Gasteiger partial charge in [0.2, 0.25) is 5.88 Å². The second-order valence-corrected chi connectivity index (χ2v) is 2.66. The lowest BCUT2D eigenvalue weighted by atomic mass is 10.2. The Bertz CT molecular complexity index is 436. The maximum Gasteiger partial charge on any atom is 0.307 e. The van der Waals surface area contributed by atoms with E-state index in [-0.39, 0.29) is 12.2 Å². The first-order valence-corrected chi connectivity index (χ1v) is 3.98. The fourth-order valence-corrected chi connectivity index (χ4v) is 1.10. The van der Waals surface area contributed by atoms with Gasteiger partial charge in [0.05, 0.1) is 17.6 Å². The van der Waals surface area contributed by atoms with Crippen molar-refractivity contribution in [2.75, 3.05) is 7.11 Å². The van der Waals surface area contributed by atoms with Crippen LogP contribution in [0.3, 0.4) is 0 Å². The molecule has 0 bridgehead atoms. The van der Waals surface area contributed by atoms with E-state index in [9.17, 15) is 23.7 Å². The third kappa shape index (κ3) is 2.10. The molecule has 8 heteroatoms. The van der Waals surface area contributed by atoms with Crippen molar-refractivity contribution in [1.29, 1.82) is 0 Å². The lowest BCUT2D eigenvalue weighted by molar-refractivity contribution is -0.386. The summed E-state index contributed by atoms with van der Waals surface area (Å²) in [6.45, 7) is 0. The van der Waals surface area contributed by atoms with Crippen LogP contribution in [0.15, 0.2) is 6.07 Å². The smallest absolute Gasteiger partial charge is 0.307 e. The maximum atomic E-state index is 12.5. The highest BCUT2D eigenvalue weighted by molar-refractivity contribution is 5.82. The highest BCUT2D eigenvalue weighted by atomic mass is 19.3. The molecule has 1 aromatic rings. The molecule has 16 heavy (non-hydrogen) atoms. The maximum absolute atomic E-state index is 12.5. The van der Waals surface area contributed by atoms with E-state index in [1.807, 2.05) is 0 Å². The van der Waals surface area contributed by atoms with Gasteiger partial charge in [0, 0.05) is 6.07 Å². The molecule has 0 N–H and O–H groups in total. The number of nitrogens with zero attached hydrogens (tertiary/aromatic N) is 2. The molecule has 0 aliphatic heterocycles. The molecule has 0 saturated heterocycles. The van der Waals surface area contributed by atoms with Gasteiger partial charge in [-0.15, -0.1) is 0 Å². The largest absolute Gasteiger partial charge is 0.481 e. The Balaban J connectivity index is 3.53. The summed E-state index contributed by atoms with van der Waals surface area (Å²) >= 11 is 0. The van der Waals surface area contributed by atoms with Crippen LogP contribution in [0, 0.1) is 10.1 Å². The van der Waals surface area contributed by atoms with Crippen LogP contribution in [-0.2, 0) is 0 Å². The van der Waals surface area contributed by atoms with E-state index in [0.29, 0.717) is 0 Å². The standard InChI is InChI=1S/C8H6F2N2O4/c1-16-5-2-4(3-13)7(12(14)15)6(11-5)8(9)10/h2-3,8H,1H3. The number of alkyl halides is 2. The van der Waals surface area contributed by atoms with E-state index in [4.69, 9.17) is 0 Å². The Hall–Kier alpha value is -2.12. The molecule has 0 aromatic carbocycles. The second-order valence-electron chi connectivity index (χ2n) is 2.66. The molecule has 0 spiro atoms. The number of aldehydes is 1. The van der Waals surface area contributed by atoms with Crippen molar-refractivity contribution >= 4 is 12.0 Å². The minimum absolute atomic E-state index is 0.105. The molecule has 0 atom stereocenters. The summed E-state index contributed by atoms with van der Waals surface area (Å²) in [4.78, 5) is 23.3. The van der Waals surface area contributed by atoms with Crippen LogP contribution in [0.2, 0.25) is 0 Å². The number of halogens is 2. The summed E-state index contributed by atoms with van der Waals surface area (Å²) in [5, 5.41) is 10.5. The molecule has 0 saturated carbocycles. The average molecular weight is 232 g/mol. The molecule has 1 aromatic heterocycles. The summed E-state index contributed by atoms with van der Waals surface area (Å²) < 4.78 is 29.5. The number of carbonyl (C=O) groups excluding carboxylic acids is 1. The summed E-state index contributed by atoms with van der Waals surface area (Å²) in [6, 6.07) is 0.928. The number of nitro groups is 1. The number of rotatable bonds is 4. The predicted molar refractivity (Wildman–Crippen MR) is 47.8 cm³/mol. The minimum atomic E-state index is -3.16. The third-order valence-electron chi connectivity index (χ3n) is 1.75. The Morgan fingerprint density at radius 3 is 2.62 bits per heavy atom. The van der Waals surface area contributed by atoms with Gasteiger partial charge in [-0.2, -0.15) is 0 Å². The second kappa shape index (κ2) is 4.60. The number of hydrogen-bond donors (Lipinski definition) is 0. The van der Waals surface area contributed by atoms with Crippen molar-refractivity contribution in [3.8, 4) is 5.88 Å². The number of pyridine rings is 1. The molecule has 0 fully saturated rings. The first kappa shape index (κ1) is 12.0. The predicted octanol–water partition coefficient (Wildman–Crippen LogP) is 1.75. The molecule has 1 heterocycles. The fourth-order valence-electron chi connectivity index (χ4n) is 1.10. The molecule has 0 aliphatic carbocycles. The summed E-state index contributed by atoms with van der Waals surface area (Å²) in [6.07, 6.45) is -3.05. The van der Waals surface area contributed by atoms with Gasteiger partial charge in [-0.25, -0.2) is 13.8 Å². The van der Waals surface area contributed by atoms with Gasteiger partial charge in [-0.3, -0.25) is 14.9 Å². The Labute approximate surface area is 88.0 Å². The minimum Gasteiger partial charge on any atom is -0.481 e. The lowest BCUT2D eigenvalue weighted by Crippen LogP contribution is -2.05. The van der Waals surface area contributed by atoms with Crippen LogP contribution in [0.4, 0.5) is 14.5 Å². The zero-order chi connectivity index (χ0) is 12.3. The topological polar surface area (TPSA) is 82.3 Å². The number of ether oxygens (including phenoxy) is 1. The van der Waals surface area contributed by atoms with Crippen molar-refractivity contribution in [2.45, 2.75) is 6.43 Å². The molecule has 0 aliphatic rings. The molecular weight excluding hydrogens is 226 g/mol.